The van der Waals surface area contributed by atoms with E-state index in [-0.39, 0.29) is 23.0 Å². The summed E-state index contributed by atoms with van der Waals surface area (Å²) in [4.78, 5) is 19.5. The van der Waals surface area contributed by atoms with Gasteiger partial charge in [-0.15, -0.1) is 0 Å². The predicted octanol–water partition coefficient (Wildman–Crippen LogP) is 8.78. The van der Waals surface area contributed by atoms with E-state index < -0.39 is 23.3 Å². The molecule has 4 heterocycles. The molecule has 0 unspecified atom stereocenters. The molecule has 8 rings (SSSR count). The van der Waals surface area contributed by atoms with Crippen molar-refractivity contribution in [3.05, 3.63) is 118 Å². The lowest BCUT2D eigenvalue weighted by molar-refractivity contribution is 0.416. The lowest BCUT2D eigenvalue weighted by atomic mass is 10.1. The molecule has 18 heteroatoms. The van der Waals surface area contributed by atoms with Crippen LogP contribution in [0, 0.1) is 35.1 Å². The molecule has 0 aliphatic heterocycles. The molecule has 4 N–H and O–H groups in total. The maximum absolute atomic E-state index is 13.9. The Labute approximate surface area is 342 Å². The van der Waals surface area contributed by atoms with Gasteiger partial charge in [0.05, 0.1) is 55.9 Å². The van der Waals surface area contributed by atoms with E-state index in [0.717, 1.165) is 45.4 Å². The quantitative estimate of drug-likeness (QED) is 0.0813. The molecular weight excluding hydrogens is 834 g/mol. The summed E-state index contributed by atoms with van der Waals surface area (Å²) >= 11 is 3.44. The van der Waals surface area contributed by atoms with Gasteiger partial charge >= 0.3 is 0 Å². The number of benzene rings is 4. The van der Waals surface area contributed by atoms with Gasteiger partial charge < -0.3 is 20.1 Å². The summed E-state index contributed by atoms with van der Waals surface area (Å²) in [6, 6.07) is 17.7. The van der Waals surface area contributed by atoms with Crippen LogP contribution in [0.3, 0.4) is 0 Å². The van der Waals surface area contributed by atoms with Crippen LogP contribution in [-0.4, -0.2) is 80.1 Å². The van der Waals surface area contributed by atoms with Crippen molar-refractivity contribution in [1.29, 1.82) is 0 Å². The monoisotopic (exact) mass is 865 g/mol. The minimum absolute atomic E-state index is 0.0847. The van der Waals surface area contributed by atoms with Crippen LogP contribution >= 0.6 is 15.9 Å². The Morgan fingerprint density at radius 1 is 0.678 bits per heavy atom. The zero-order chi connectivity index (χ0) is 41.6. The number of aromatic nitrogens is 8. The van der Waals surface area contributed by atoms with Crippen molar-refractivity contribution in [3.8, 4) is 45.9 Å². The van der Waals surface area contributed by atoms with Crippen molar-refractivity contribution in [1.82, 2.24) is 45.2 Å². The van der Waals surface area contributed by atoms with Crippen molar-refractivity contribution in [2.24, 2.45) is 0 Å². The first kappa shape index (κ1) is 40.1. The second-order valence-corrected chi connectivity index (χ2v) is 13.8. The molecule has 298 valence electrons. The number of hydrogen-bond donors (Lipinski definition) is 4. The molecular formula is C41H32BrF4N11O2. The first-order valence-electron chi connectivity index (χ1n) is 17.5. The molecule has 8 aromatic rings. The minimum Gasteiger partial charge on any atom is -0.496 e. The van der Waals surface area contributed by atoms with Gasteiger partial charge in [0.15, 0.2) is 11.6 Å². The predicted molar refractivity (Wildman–Crippen MR) is 220 cm³/mol. The Kier molecular flexibility index (Phi) is 12.0. The Bertz CT molecular complexity index is 2880. The maximum Gasteiger partial charge on any atom is 0.202 e. The molecule has 4 aromatic carbocycles. The number of halogens is 5. The van der Waals surface area contributed by atoms with E-state index in [4.69, 9.17) is 9.47 Å². The summed E-state index contributed by atoms with van der Waals surface area (Å²) in [5.41, 5.74) is 5.52. The van der Waals surface area contributed by atoms with E-state index in [1.807, 2.05) is 55.4 Å². The molecule has 0 atom stereocenters. The number of rotatable bonds is 9. The van der Waals surface area contributed by atoms with Gasteiger partial charge in [-0.25, -0.2) is 37.5 Å². The second-order valence-electron chi connectivity index (χ2n) is 12.8. The molecule has 0 amide bonds. The van der Waals surface area contributed by atoms with Gasteiger partial charge in [-0.2, -0.15) is 10.2 Å². The molecule has 0 aliphatic rings. The highest BCUT2D eigenvalue weighted by Gasteiger charge is 2.18. The van der Waals surface area contributed by atoms with Crippen LogP contribution in [0.4, 0.5) is 40.6 Å². The number of nitrogens with one attached hydrogen (secondary N) is 4. The summed E-state index contributed by atoms with van der Waals surface area (Å²) in [5.74, 6) is 5.32. The first-order valence-corrected chi connectivity index (χ1v) is 18.3. The average Bonchev–Trinajstić information content (AvgIpc) is 3.84. The number of fused-ring (bicyclic) bond motifs is 2. The normalized spacial score (nSPS) is 10.9. The van der Waals surface area contributed by atoms with Crippen LogP contribution in [0.2, 0.25) is 0 Å². The highest BCUT2D eigenvalue weighted by Crippen LogP contribution is 2.36. The summed E-state index contributed by atoms with van der Waals surface area (Å²) in [5, 5.41) is 19.8. The Morgan fingerprint density at radius 2 is 1.19 bits per heavy atom. The summed E-state index contributed by atoms with van der Waals surface area (Å²) in [6.45, 7) is 0.643. The summed E-state index contributed by atoms with van der Waals surface area (Å²) in [6.07, 6.45) is 2.91. The van der Waals surface area contributed by atoms with Gasteiger partial charge in [0, 0.05) is 33.3 Å². The van der Waals surface area contributed by atoms with Crippen molar-refractivity contribution in [2.75, 3.05) is 45.5 Å². The van der Waals surface area contributed by atoms with E-state index in [0.29, 0.717) is 51.8 Å². The number of methoxy groups -OCH3 is 2. The molecule has 0 saturated carbocycles. The molecule has 13 nitrogen and oxygen atoms in total. The van der Waals surface area contributed by atoms with Gasteiger partial charge in [0.25, 0.3) is 0 Å². The van der Waals surface area contributed by atoms with Gasteiger partial charge in [-0.05, 0) is 74.8 Å². The lowest BCUT2D eigenvalue weighted by Crippen LogP contribution is -2.10. The van der Waals surface area contributed by atoms with Crippen LogP contribution in [0.15, 0.2) is 89.7 Å². The zero-order valence-corrected chi connectivity index (χ0v) is 33.2. The third-order valence-corrected chi connectivity index (χ3v) is 8.94. The minimum atomic E-state index is -0.730. The topological polar surface area (TPSA) is 155 Å². The summed E-state index contributed by atoms with van der Waals surface area (Å²) < 4.78 is 65.7. The molecule has 59 heavy (non-hydrogen) atoms. The van der Waals surface area contributed by atoms with Crippen molar-refractivity contribution in [3.63, 3.8) is 0 Å². The van der Waals surface area contributed by atoms with Crippen molar-refractivity contribution in [2.45, 2.75) is 0 Å². The number of nitrogens with zero attached hydrogens (tertiary/aromatic N) is 7. The SMILES string of the molecule is COc1ccc(Br)cc1-c1[nH]nc2nc(Nc3ccc(F)cc3F)cnc12.COc1ccc(C#CCN(C)C)cc1-c1[nH]nc2nc(Nc3ccc(F)cc3F)cnc12. The Balaban J connectivity index is 0.000000181. The highest BCUT2D eigenvalue weighted by atomic mass is 79.9. The fraction of sp³-hybridized carbons (Fsp3) is 0.122. The second kappa shape index (κ2) is 17.6. The fourth-order valence-corrected chi connectivity index (χ4v) is 6.06. The number of H-pyrrole nitrogens is 2. The van der Waals surface area contributed by atoms with Gasteiger partial charge in [0.1, 0.15) is 45.8 Å². The van der Waals surface area contributed by atoms with Gasteiger partial charge in [0.2, 0.25) is 11.3 Å². The molecule has 4 aromatic heterocycles. The molecule has 0 aliphatic carbocycles. The van der Waals surface area contributed by atoms with Crippen LogP contribution in [0.25, 0.3) is 44.8 Å². The average molecular weight is 867 g/mol. The number of aromatic amines is 2. The number of hydrogen-bond acceptors (Lipinski definition) is 11. The number of ether oxygens (including phenoxy) is 2. The molecule has 0 saturated heterocycles. The van der Waals surface area contributed by atoms with Crippen LogP contribution in [0.1, 0.15) is 5.56 Å². The number of anilines is 4. The molecule has 0 spiro atoms. The third kappa shape index (κ3) is 9.22. The van der Waals surface area contributed by atoms with E-state index in [1.165, 1.54) is 24.5 Å². The summed E-state index contributed by atoms with van der Waals surface area (Å²) in [7, 11) is 7.07. The first-order chi connectivity index (χ1) is 28.5. The van der Waals surface area contributed by atoms with E-state index in [9.17, 15) is 17.6 Å². The molecule has 0 radical (unpaired) electrons. The standard InChI is InChI=1S/C23H20F2N6O.C18H12BrF2N5O/c1-31(2)10-4-5-14-6-9-19(32-3)16(11-14)21-22-23(30-29-21)28-20(13-26-22)27-18-8-7-15(24)12-17(18)25;1-27-14-5-2-9(19)6-11(14)16-17-18(26-25-16)24-15(8-22-17)23-13-4-3-10(20)7-12(13)21/h6-9,11-13H,10H2,1-3H3,(H2,27,28,29,30);2-8H,1H3,(H2,23,24,25,26). The fourth-order valence-electron chi connectivity index (χ4n) is 5.70. The zero-order valence-electron chi connectivity index (χ0n) is 31.6. The van der Waals surface area contributed by atoms with Crippen LogP contribution < -0.4 is 20.1 Å². The smallest absolute Gasteiger partial charge is 0.202 e. The lowest BCUT2D eigenvalue weighted by Gasteiger charge is -2.08. The van der Waals surface area contributed by atoms with E-state index in [2.05, 4.69) is 78.7 Å². The Hall–Kier alpha value is -7.10. The van der Waals surface area contributed by atoms with E-state index >= 15 is 0 Å². The van der Waals surface area contributed by atoms with Crippen LogP contribution in [-0.2, 0) is 0 Å². The van der Waals surface area contributed by atoms with Crippen molar-refractivity contribution >= 4 is 61.3 Å². The maximum atomic E-state index is 13.9. The largest absolute Gasteiger partial charge is 0.496 e. The third-order valence-electron chi connectivity index (χ3n) is 8.44. The molecule has 0 fully saturated rings. The Morgan fingerprint density at radius 3 is 1.68 bits per heavy atom. The highest BCUT2D eigenvalue weighted by molar-refractivity contribution is 9.10. The molecule has 0 bridgehead atoms. The van der Waals surface area contributed by atoms with Crippen molar-refractivity contribution < 1.29 is 27.0 Å². The van der Waals surface area contributed by atoms with Crippen LogP contribution in [0.5, 0.6) is 11.5 Å². The van der Waals surface area contributed by atoms with Gasteiger partial charge in [-0.1, -0.05) is 27.8 Å². The van der Waals surface area contributed by atoms with Gasteiger partial charge in [-0.3, -0.25) is 15.1 Å². The van der Waals surface area contributed by atoms with E-state index in [1.54, 1.807) is 14.2 Å².